The van der Waals surface area contributed by atoms with Crippen molar-refractivity contribution < 1.29 is 19.4 Å². The number of aryl methyl sites for hydroxylation is 1. The van der Waals surface area contributed by atoms with Crippen LogP contribution in [0.3, 0.4) is 0 Å². The largest absolute Gasteiger partial charge is 0.497 e. The predicted octanol–water partition coefficient (Wildman–Crippen LogP) is 6.07. The molecule has 1 N–H and O–H groups in total. The third-order valence-electron chi connectivity index (χ3n) is 13.5. The minimum absolute atomic E-state index is 0.0296. The Kier molecular flexibility index (Phi) is 10.6. The molecule has 65 heavy (non-hydrogen) atoms. The number of carbonyl (C=O) groups is 1. The first-order chi connectivity index (χ1) is 31.5. The fraction of sp³-hybridized carbons (Fsp3) is 0.260. The Morgan fingerprint density at radius 3 is 2.12 bits per heavy atom. The number of aromatic nitrogens is 7. The molecule has 0 aliphatic carbocycles. The molecule has 15 heteroatoms. The molecule has 4 atom stereocenters. The Morgan fingerprint density at radius 2 is 1.46 bits per heavy atom. The minimum Gasteiger partial charge on any atom is -0.497 e. The number of aliphatic hydroxyl groups excluding tert-OH is 1. The van der Waals surface area contributed by atoms with Crippen LogP contribution < -0.4 is 25.9 Å². The molecule has 8 aromatic rings. The highest BCUT2D eigenvalue weighted by molar-refractivity contribution is 6.91. The highest BCUT2D eigenvalue weighted by Gasteiger charge is 2.66. The summed E-state index contributed by atoms with van der Waals surface area (Å²) >= 11 is 0. The van der Waals surface area contributed by atoms with Crippen molar-refractivity contribution in [2.45, 2.75) is 63.2 Å². The molecule has 5 aromatic carbocycles. The van der Waals surface area contributed by atoms with Crippen molar-refractivity contribution in [2.75, 3.05) is 18.6 Å². The molecule has 0 bridgehead atoms. The Hall–Kier alpha value is -7.07. The van der Waals surface area contributed by atoms with E-state index < -0.39 is 19.8 Å². The maximum absolute atomic E-state index is 15.8. The third kappa shape index (κ3) is 7.06. The molecule has 1 fully saturated rings. The highest BCUT2D eigenvalue weighted by Crippen LogP contribution is 2.60. The number of amides is 1. The smallest absolute Gasteiger partial charge is 0.279 e. The van der Waals surface area contributed by atoms with E-state index in [4.69, 9.17) is 9.47 Å². The van der Waals surface area contributed by atoms with Gasteiger partial charge in [0.2, 0.25) is 0 Å². The fourth-order valence-corrected chi connectivity index (χ4v) is 14.4. The number of hydrogen-bond acceptors (Lipinski definition) is 10. The molecule has 3 aromatic heterocycles. The van der Waals surface area contributed by atoms with Gasteiger partial charge in [0.1, 0.15) is 5.75 Å². The molecule has 1 spiro atoms. The average Bonchev–Trinajstić information content (AvgIpc) is 3.98. The van der Waals surface area contributed by atoms with Crippen LogP contribution in [-0.2, 0) is 34.6 Å². The van der Waals surface area contributed by atoms with Crippen molar-refractivity contribution in [3.05, 3.63) is 171 Å². The van der Waals surface area contributed by atoms with Crippen molar-refractivity contribution in [1.82, 2.24) is 34.6 Å². The second-order valence-corrected chi connectivity index (χ2v) is 22.2. The van der Waals surface area contributed by atoms with Crippen molar-refractivity contribution >= 4 is 46.4 Å². The van der Waals surface area contributed by atoms with Gasteiger partial charge in [-0.2, -0.15) is 19.6 Å². The zero-order valence-electron chi connectivity index (χ0n) is 36.5. The van der Waals surface area contributed by atoms with E-state index in [2.05, 4.69) is 52.7 Å². The van der Waals surface area contributed by atoms with Gasteiger partial charge in [-0.25, -0.2) is 0 Å². The number of ether oxygens (including phenoxy) is 2. The molecule has 0 unspecified atom stereocenters. The molecule has 5 heterocycles. The highest BCUT2D eigenvalue weighted by atomic mass is 28.3. The van der Waals surface area contributed by atoms with Crippen LogP contribution in [0.1, 0.15) is 30.2 Å². The molecule has 10 rings (SSSR count). The Morgan fingerprint density at radius 1 is 0.800 bits per heavy atom. The first kappa shape index (κ1) is 41.9. The molecule has 328 valence electrons. The minimum atomic E-state index is -2.52. The molecule has 2 aliphatic heterocycles. The quantitative estimate of drug-likeness (QED) is 0.143. The molecule has 1 saturated heterocycles. The summed E-state index contributed by atoms with van der Waals surface area (Å²) in [5, 5.41) is 31.1. The summed E-state index contributed by atoms with van der Waals surface area (Å²) < 4.78 is 17.6. The Bertz CT molecular complexity index is 3240. The van der Waals surface area contributed by atoms with Crippen LogP contribution in [0.15, 0.2) is 143 Å². The lowest BCUT2D eigenvalue weighted by Crippen LogP contribution is -2.51. The second-order valence-electron chi connectivity index (χ2n) is 17.6. The van der Waals surface area contributed by atoms with E-state index in [9.17, 15) is 14.7 Å². The van der Waals surface area contributed by atoms with Crippen molar-refractivity contribution in [3.8, 4) is 17.1 Å². The number of carbonyl (C=O) groups excluding carboxylic acids is 1. The van der Waals surface area contributed by atoms with Gasteiger partial charge in [-0.1, -0.05) is 91.1 Å². The molecule has 1 amide bonds. The van der Waals surface area contributed by atoms with Crippen LogP contribution >= 0.6 is 0 Å². The zero-order valence-corrected chi connectivity index (χ0v) is 37.5. The van der Waals surface area contributed by atoms with E-state index >= 15 is 4.79 Å². The molecular formula is C50H48N8O6Si. The normalized spacial score (nSPS) is 19.4. The fourth-order valence-electron chi connectivity index (χ4n) is 10.3. The van der Waals surface area contributed by atoms with E-state index in [1.165, 1.54) is 14.6 Å². The molecule has 14 nitrogen and oxygen atoms in total. The van der Waals surface area contributed by atoms with E-state index in [0.29, 0.717) is 58.5 Å². The van der Waals surface area contributed by atoms with Crippen LogP contribution in [0.5, 0.6) is 5.75 Å². The van der Waals surface area contributed by atoms with E-state index in [1.807, 2.05) is 97.2 Å². The summed E-state index contributed by atoms with van der Waals surface area (Å²) in [6, 6.07) is 36.1. The van der Waals surface area contributed by atoms with E-state index in [1.54, 1.807) is 41.2 Å². The van der Waals surface area contributed by atoms with Gasteiger partial charge in [0.25, 0.3) is 17.0 Å². The first-order valence-electron chi connectivity index (χ1n) is 21.8. The number of anilines is 1. The number of aliphatic hydroxyl groups is 1. The molecule has 2 aliphatic rings. The van der Waals surface area contributed by atoms with Crippen LogP contribution in [0, 0.1) is 5.92 Å². The monoisotopic (exact) mass is 884 g/mol. The average molecular weight is 885 g/mol. The summed E-state index contributed by atoms with van der Waals surface area (Å²) in [5.41, 5.74) is 1.86. The number of hydrogen-bond donors (Lipinski definition) is 1. The first-order valence-corrected chi connectivity index (χ1v) is 24.9. The maximum Gasteiger partial charge on any atom is 0.279 e. The Labute approximate surface area is 375 Å². The second kappa shape index (κ2) is 16.5. The van der Waals surface area contributed by atoms with Crippen LogP contribution in [0.4, 0.5) is 5.69 Å². The topological polar surface area (TPSA) is 159 Å². The summed E-state index contributed by atoms with van der Waals surface area (Å²) in [7, 11) is -0.864. The van der Waals surface area contributed by atoms with Gasteiger partial charge in [-0.15, -0.1) is 5.10 Å². The summed E-state index contributed by atoms with van der Waals surface area (Å²) in [4.78, 5) is 45.3. The standard InChI is InChI=1S/C50H48N8O6Si/c1-32-46(65(3,4)40-19-17-39(63-2)18-20-40)45(22-24-55-31-36(23-25-59)53-54-55)64-50(32)43-27-38(58-48(61)42-15-8-6-12-35(42)29-52-58)16-21-44(43)56(49(50)62)30-33-10-9-13-37(26-33)57-47(60)41-14-7-5-11-34(41)28-51-57/h5-21,26-29,31-32,45-46,59H,22-25,30H2,1-4H3/t32-,45+,46-,50+/m0/s1. The van der Waals surface area contributed by atoms with Crippen LogP contribution in [0.25, 0.3) is 32.9 Å². The number of fused-ring (bicyclic) bond motifs is 4. The van der Waals surface area contributed by atoms with E-state index in [0.717, 1.165) is 22.1 Å². The van der Waals surface area contributed by atoms with Gasteiger partial charge in [-0.05, 0) is 72.1 Å². The van der Waals surface area contributed by atoms with Crippen LogP contribution in [-0.4, -0.2) is 73.5 Å². The number of methoxy groups -OCH3 is 1. The van der Waals surface area contributed by atoms with Crippen molar-refractivity contribution in [2.24, 2.45) is 5.92 Å². The lowest BCUT2D eigenvalue weighted by atomic mass is 9.82. The summed E-state index contributed by atoms with van der Waals surface area (Å²) in [5.74, 6) is 0.218. The Balaban J connectivity index is 1.10. The van der Waals surface area contributed by atoms with Gasteiger partial charge in [-0.3, -0.25) is 19.1 Å². The zero-order chi connectivity index (χ0) is 45.0. The molecular weight excluding hydrogens is 837 g/mol. The summed E-state index contributed by atoms with van der Waals surface area (Å²) in [6.45, 7) is 7.43. The lowest BCUT2D eigenvalue weighted by Gasteiger charge is -2.37. The maximum atomic E-state index is 15.8. The van der Waals surface area contributed by atoms with Crippen molar-refractivity contribution in [1.29, 1.82) is 0 Å². The lowest BCUT2D eigenvalue weighted by molar-refractivity contribution is -0.146. The van der Waals surface area contributed by atoms with Gasteiger partial charge in [0.05, 0.1) is 73.8 Å². The summed E-state index contributed by atoms with van der Waals surface area (Å²) in [6.07, 6.45) is 5.75. The molecule has 0 saturated carbocycles. The number of benzene rings is 5. The van der Waals surface area contributed by atoms with Crippen molar-refractivity contribution in [3.63, 3.8) is 0 Å². The predicted molar refractivity (Wildman–Crippen MR) is 251 cm³/mol. The number of nitrogens with zero attached hydrogens (tertiary/aromatic N) is 8. The van der Waals surface area contributed by atoms with Gasteiger partial charge < -0.3 is 19.5 Å². The SMILES string of the molecule is COc1ccc([Si](C)(C)[C@@H]2[C@@H](CCn3cc(CCO)nn3)O[C@]3(C(=O)N(Cc4cccc(-n5ncc6ccccc6c5=O)c4)c4ccc(-n5ncc6ccccc6c5=O)cc43)[C@H]2C)cc1. The molecule has 0 radical (unpaired) electrons. The third-order valence-corrected chi connectivity index (χ3v) is 17.9. The van der Waals surface area contributed by atoms with Gasteiger partial charge in [0.15, 0.2) is 5.60 Å². The van der Waals surface area contributed by atoms with Gasteiger partial charge in [0, 0.05) is 48.0 Å². The number of rotatable bonds is 12. The van der Waals surface area contributed by atoms with E-state index in [-0.39, 0.29) is 41.6 Å². The van der Waals surface area contributed by atoms with Gasteiger partial charge >= 0.3 is 0 Å². The van der Waals surface area contributed by atoms with Crippen LogP contribution in [0.2, 0.25) is 18.6 Å².